The number of rotatable bonds is 3. The molecule has 0 spiro atoms. The fourth-order valence-corrected chi connectivity index (χ4v) is 2.95. The molecule has 0 heterocycles. The van der Waals surface area contributed by atoms with E-state index in [4.69, 9.17) is 5.73 Å². The van der Waals surface area contributed by atoms with Gasteiger partial charge in [0.05, 0.1) is 4.92 Å². The van der Waals surface area contributed by atoms with Crippen LogP contribution in [0, 0.1) is 16.0 Å². The standard InChI is InChI=1S/C12H15BrN2O2/c13-11-7-10(15(16)17)5-4-8(11)6-9-2-1-3-12(9)14/h4-5,7,9,12H,1-3,6,14H2. The maximum absolute atomic E-state index is 10.6. The van der Waals surface area contributed by atoms with Gasteiger partial charge >= 0.3 is 0 Å². The summed E-state index contributed by atoms with van der Waals surface area (Å²) >= 11 is 3.40. The van der Waals surface area contributed by atoms with Gasteiger partial charge in [-0.05, 0) is 30.7 Å². The van der Waals surface area contributed by atoms with Crippen LogP contribution in [-0.2, 0) is 6.42 Å². The van der Waals surface area contributed by atoms with Gasteiger partial charge in [0.15, 0.2) is 0 Å². The Morgan fingerprint density at radius 1 is 1.47 bits per heavy atom. The van der Waals surface area contributed by atoms with E-state index in [9.17, 15) is 10.1 Å². The quantitative estimate of drug-likeness (QED) is 0.689. The maximum Gasteiger partial charge on any atom is 0.270 e. The molecular weight excluding hydrogens is 284 g/mol. The van der Waals surface area contributed by atoms with E-state index >= 15 is 0 Å². The molecule has 0 aliphatic heterocycles. The molecule has 1 aromatic carbocycles. The monoisotopic (exact) mass is 298 g/mol. The third-order valence-corrected chi connectivity index (χ3v) is 4.19. The SMILES string of the molecule is NC1CCCC1Cc1ccc([N+](=O)[O-])cc1Br. The van der Waals surface area contributed by atoms with Gasteiger partial charge < -0.3 is 5.73 Å². The topological polar surface area (TPSA) is 69.2 Å². The lowest BCUT2D eigenvalue weighted by molar-refractivity contribution is -0.384. The number of nitrogens with zero attached hydrogens (tertiary/aromatic N) is 1. The Hall–Kier alpha value is -0.940. The van der Waals surface area contributed by atoms with E-state index in [-0.39, 0.29) is 16.7 Å². The smallest absolute Gasteiger partial charge is 0.270 e. The van der Waals surface area contributed by atoms with Gasteiger partial charge in [-0.15, -0.1) is 0 Å². The third-order valence-electron chi connectivity index (χ3n) is 3.45. The highest BCUT2D eigenvalue weighted by Gasteiger charge is 2.24. The first-order chi connectivity index (χ1) is 8.08. The minimum atomic E-state index is -0.379. The molecule has 0 bridgehead atoms. The second-order valence-electron chi connectivity index (χ2n) is 4.59. The number of nitro groups is 1. The average Bonchev–Trinajstić information content (AvgIpc) is 2.67. The van der Waals surface area contributed by atoms with E-state index in [0.29, 0.717) is 5.92 Å². The van der Waals surface area contributed by atoms with Crippen molar-refractivity contribution >= 4 is 21.6 Å². The fraction of sp³-hybridized carbons (Fsp3) is 0.500. The van der Waals surface area contributed by atoms with Crippen LogP contribution in [0.1, 0.15) is 24.8 Å². The number of nitro benzene ring substituents is 1. The Morgan fingerprint density at radius 2 is 2.24 bits per heavy atom. The summed E-state index contributed by atoms with van der Waals surface area (Å²) < 4.78 is 0.811. The highest BCUT2D eigenvalue weighted by Crippen LogP contribution is 2.31. The molecule has 0 aromatic heterocycles. The summed E-state index contributed by atoms with van der Waals surface area (Å²) in [6.07, 6.45) is 4.34. The van der Waals surface area contributed by atoms with Crippen LogP contribution >= 0.6 is 15.9 Å². The summed E-state index contributed by atoms with van der Waals surface area (Å²) in [4.78, 5) is 10.2. The first-order valence-electron chi connectivity index (χ1n) is 5.76. The van der Waals surface area contributed by atoms with Crippen LogP contribution in [0.3, 0.4) is 0 Å². The Kier molecular flexibility index (Phi) is 3.79. The molecule has 1 aliphatic carbocycles. The molecule has 0 saturated heterocycles. The van der Waals surface area contributed by atoms with E-state index in [1.165, 1.54) is 6.42 Å². The van der Waals surface area contributed by atoms with Gasteiger partial charge in [-0.1, -0.05) is 28.4 Å². The molecule has 5 heteroatoms. The van der Waals surface area contributed by atoms with Gasteiger partial charge in [0, 0.05) is 22.6 Å². The van der Waals surface area contributed by atoms with Crippen molar-refractivity contribution in [2.45, 2.75) is 31.7 Å². The van der Waals surface area contributed by atoms with Crippen LogP contribution in [-0.4, -0.2) is 11.0 Å². The van der Waals surface area contributed by atoms with Gasteiger partial charge in [0.25, 0.3) is 5.69 Å². The highest BCUT2D eigenvalue weighted by molar-refractivity contribution is 9.10. The number of hydrogen-bond donors (Lipinski definition) is 1. The normalized spacial score (nSPS) is 23.9. The van der Waals surface area contributed by atoms with Crippen molar-refractivity contribution < 1.29 is 4.92 Å². The first kappa shape index (κ1) is 12.5. The molecule has 2 N–H and O–H groups in total. The maximum atomic E-state index is 10.6. The van der Waals surface area contributed by atoms with Gasteiger partial charge in [-0.3, -0.25) is 10.1 Å². The van der Waals surface area contributed by atoms with E-state index in [1.54, 1.807) is 12.1 Å². The van der Waals surface area contributed by atoms with Crippen molar-refractivity contribution in [3.63, 3.8) is 0 Å². The largest absolute Gasteiger partial charge is 0.327 e. The molecule has 17 heavy (non-hydrogen) atoms. The predicted octanol–water partition coefficient (Wildman–Crippen LogP) is 3.03. The lowest BCUT2D eigenvalue weighted by Gasteiger charge is -2.15. The average molecular weight is 299 g/mol. The van der Waals surface area contributed by atoms with Crippen LogP contribution in [0.2, 0.25) is 0 Å². The number of non-ortho nitro benzene ring substituents is 1. The van der Waals surface area contributed by atoms with Crippen molar-refractivity contribution in [2.75, 3.05) is 0 Å². The Balaban J connectivity index is 2.14. The number of benzene rings is 1. The zero-order valence-electron chi connectivity index (χ0n) is 9.43. The molecule has 1 aliphatic rings. The van der Waals surface area contributed by atoms with Crippen molar-refractivity contribution in [3.8, 4) is 0 Å². The van der Waals surface area contributed by atoms with Crippen molar-refractivity contribution in [3.05, 3.63) is 38.3 Å². The molecule has 0 radical (unpaired) electrons. The van der Waals surface area contributed by atoms with Crippen LogP contribution in [0.25, 0.3) is 0 Å². The Bertz CT molecular complexity index is 437. The minimum Gasteiger partial charge on any atom is -0.327 e. The number of nitrogens with two attached hydrogens (primary N) is 1. The van der Waals surface area contributed by atoms with Crippen molar-refractivity contribution in [1.29, 1.82) is 0 Å². The third kappa shape index (κ3) is 2.84. The van der Waals surface area contributed by atoms with Gasteiger partial charge in [0.2, 0.25) is 0 Å². The summed E-state index contributed by atoms with van der Waals surface area (Å²) in [5, 5.41) is 10.6. The van der Waals surface area contributed by atoms with E-state index in [0.717, 1.165) is 29.3 Å². The van der Waals surface area contributed by atoms with Crippen LogP contribution < -0.4 is 5.73 Å². The molecule has 92 valence electrons. The second kappa shape index (κ2) is 5.14. The fourth-order valence-electron chi connectivity index (χ4n) is 2.42. The Morgan fingerprint density at radius 3 is 2.76 bits per heavy atom. The zero-order chi connectivity index (χ0) is 12.4. The van der Waals surface area contributed by atoms with Gasteiger partial charge in [-0.2, -0.15) is 0 Å². The summed E-state index contributed by atoms with van der Waals surface area (Å²) in [5.74, 6) is 0.507. The molecule has 1 aromatic rings. The molecule has 1 saturated carbocycles. The summed E-state index contributed by atoms with van der Waals surface area (Å²) in [6.45, 7) is 0. The molecule has 2 rings (SSSR count). The number of halogens is 1. The van der Waals surface area contributed by atoms with Crippen LogP contribution in [0.15, 0.2) is 22.7 Å². The lowest BCUT2D eigenvalue weighted by Crippen LogP contribution is -2.25. The summed E-state index contributed by atoms with van der Waals surface area (Å²) in [5.41, 5.74) is 7.26. The minimum absolute atomic E-state index is 0.122. The molecule has 4 nitrogen and oxygen atoms in total. The molecule has 1 fully saturated rings. The van der Waals surface area contributed by atoms with Crippen LogP contribution in [0.5, 0.6) is 0 Å². The van der Waals surface area contributed by atoms with Crippen LogP contribution in [0.4, 0.5) is 5.69 Å². The molecule has 2 unspecified atom stereocenters. The summed E-state index contributed by atoms with van der Waals surface area (Å²) in [7, 11) is 0. The first-order valence-corrected chi connectivity index (χ1v) is 6.55. The molecule has 2 atom stereocenters. The zero-order valence-corrected chi connectivity index (χ0v) is 11.0. The number of hydrogen-bond acceptors (Lipinski definition) is 3. The second-order valence-corrected chi connectivity index (χ2v) is 5.45. The lowest BCUT2D eigenvalue weighted by atomic mass is 9.95. The van der Waals surface area contributed by atoms with Gasteiger partial charge in [0.1, 0.15) is 0 Å². The van der Waals surface area contributed by atoms with E-state index in [2.05, 4.69) is 15.9 Å². The van der Waals surface area contributed by atoms with Crippen molar-refractivity contribution in [1.82, 2.24) is 0 Å². The van der Waals surface area contributed by atoms with E-state index < -0.39 is 0 Å². The predicted molar refractivity (Wildman–Crippen MR) is 69.8 cm³/mol. The van der Waals surface area contributed by atoms with Gasteiger partial charge in [-0.25, -0.2) is 0 Å². The summed E-state index contributed by atoms with van der Waals surface area (Å²) in [6, 6.07) is 5.22. The van der Waals surface area contributed by atoms with Crippen molar-refractivity contribution in [2.24, 2.45) is 11.7 Å². The Labute approximate surface area is 108 Å². The molecule has 0 amide bonds. The molecular formula is C12H15BrN2O2. The van der Waals surface area contributed by atoms with E-state index in [1.807, 2.05) is 6.07 Å². The highest BCUT2D eigenvalue weighted by atomic mass is 79.9.